The maximum Gasteiger partial charge on any atom is 0.239 e. The summed E-state index contributed by atoms with van der Waals surface area (Å²) in [7, 11) is 0. The highest BCUT2D eigenvalue weighted by atomic mass is 16.5. The molecule has 3 rings (SSSR count). The minimum absolute atomic E-state index is 0.0576. The number of likely N-dealkylation sites (tertiary alicyclic amines) is 1. The van der Waals surface area contributed by atoms with Crippen LogP contribution in [0.15, 0.2) is 0 Å². The number of carbonyl (C=O) groups is 1. The van der Waals surface area contributed by atoms with Gasteiger partial charge in [-0.3, -0.25) is 14.8 Å². The first-order valence-electron chi connectivity index (χ1n) is 9.63. The highest BCUT2D eigenvalue weighted by Crippen LogP contribution is 2.22. The van der Waals surface area contributed by atoms with Crippen molar-refractivity contribution in [3.8, 4) is 0 Å². The summed E-state index contributed by atoms with van der Waals surface area (Å²) < 4.78 is 5.84. The number of hydrogen-bond donors (Lipinski definition) is 1. The van der Waals surface area contributed by atoms with Crippen LogP contribution in [0.2, 0.25) is 0 Å². The number of carbonyl (C=O) groups excluding carboxylic acids is 1. The number of amides is 1. The molecular weight excluding hydrogens is 318 g/mol. The van der Waals surface area contributed by atoms with Crippen LogP contribution in [0.1, 0.15) is 70.1 Å². The molecule has 0 bridgehead atoms. The number of aromatic nitrogens is 3. The molecule has 1 N–H and O–H groups in total. The Labute approximate surface area is 150 Å². The maximum absolute atomic E-state index is 13.0. The molecule has 0 aromatic carbocycles. The lowest BCUT2D eigenvalue weighted by Crippen LogP contribution is -2.51. The summed E-state index contributed by atoms with van der Waals surface area (Å²) in [5.74, 6) is 2.00. The van der Waals surface area contributed by atoms with Crippen LogP contribution in [0, 0.1) is 0 Å². The Bertz CT molecular complexity index is 566. The van der Waals surface area contributed by atoms with Gasteiger partial charge in [0.2, 0.25) is 5.91 Å². The van der Waals surface area contributed by atoms with Gasteiger partial charge >= 0.3 is 0 Å². The van der Waals surface area contributed by atoms with Gasteiger partial charge in [0.15, 0.2) is 11.6 Å². The molecule has 1 aromatic heterocycles. The topological polar surface area (TPSA) is 74.4 Å². The van der Waals surface area contributed by atoms with Gasteiger partial charge in [0.05, 0.1) is 19.2 Å². The average molecular weight is 349 g/mol. The first kappa shape index (κ1) is 18.3. The van der Waals surface area contributed by atoms with Crippen molar-refractivity contribution in [3.63, 3.8) is 0 Å². The van der Waals surface area contributed by atoms with Crippen LogP contribution in [-0.2, 0) is 9.53 Å². The summed E-state index contributed by atoms with van der Waals surface area (Å²) in [4.78, 5) is 21.8. The van der Waals surface area contributed by atoms with Crippen LogP contribution in [0.25, 0.3) is 0 Å². The van der Waals surface area contributed by atoms with Gasteiger partial charge in [0.1, 0.15) is 6.10 Å². The van der Waals surface area contributed by atoms with Gasteiger partial charge in [-0.1, -0.05) is 26.7 Å². The molecule has 2 fully saturated rings. The lowest BCUT2D eigenvalue weighted by Gasteiger charge is -2.36. The third kappa shape index (κ3) is 4.39. The van der Waals surface area contributed by atoms with Crippen molar-refractivity contribution >= 4 is 5.91 Å². The molecule has 0 aliphatic carbocycles. The zero-order valence-corrected chi connectivity index (χ0v) is 15.7. The van der Waals surface area contributed by atoms with Gasteiger partial charge in [0.25, 0.3) is 0 Å². The summed E-state index contributed by atoms with van der Waals surface area (Å²) in [6.07, 6.45) is 4.73. The second-order valence-electron chi connectivity index (χ2n) is 7.50. The number of ether oxygens (including phenoxy) is 1. The zero-order valence-electron chi connectivity index (χ0n) is 15.7. The Morgan fingerprint density at radius 3 is 2.52 bits per heavy atom. The number of H-pyrrole nitrogens is 1. The molecule has 2 aliphatic rings. The summed E-state index contributed by atoms with van der Waals surface area (Å²) in [5, 5.41) is 7.23. The molecule has 1 aromatic rings. The minimum atomic E-state index is -0.214. The number of rotatable bonds is 4. The predicted octanol–water partition coefficient (Wildman–Crippen LogP) is 2.09. The number of nitrogens with zero attached hydrogens (tertiary/aromatic N) is 4. The number of hydrogen-bond acceptors (Lipinski definition) is 5. The molecule has 2 aliphatic heterocycles. The third-order valence-corrected chi connectivity index (χ3v) is 5.27. The minimum Gasteiger partial charge on any atom is -0.367 e. The number of morpholine rings is 1. The maximum atomic E-state index is 13.0. The van der Waals surface area contributed by atoms with E-state index >= 15 is 0 Å². The van der Waals surface area contributed by atoms with Crippen molar-refractivity contribution in [2.75, 3.05) is 32.8 Å². The zero-order chi connectivity index (χ0) is 17.8. The van der Waals surface area contributed by atoms with Crippen LogP contribution < -0.4 is 0 Å². The third-order valence-electron chi connectivity index (χ3n) is 5.27. The highest BCUT2D eigenvalue weighted by Gasteiger charge is 2.32. The Morgan fingerprint density at radius 1 is 1.16 bits per heavy atom. The van der Waals surface area contributed by atoms with Gasteiger partial charge < -0.3 is 9.64 Å². The Hall–Kier alpha value is -1.47. The van der Waals surface area contributed by atoms with E-state index in [1.54, 1.807) is 0 Å². The largest absolute Gasteiger partial charge is 0.367 e. The van der Waals surface area contributed by atoms with E-state index in [4.69, 9.17) is 4.74 Å². The lowest BCUT2D eigenvalue weighted by molar-refractivity contribution is -0.144. The summed E-state index contributed by atoms with van der Waals surface area (Å²) in [6, 6.07) is -0.0576. The Balaban J connectivity index is 1.62. The molecule has 3 heterocycles. The van der Waals surface area contributed by atoms with Gasteiger partial charge in [-0.25, -0.2) is 4.98 Å². The fourth-order valence-corrected chi connectivity index (χ4v) is 3.61. The normalized spacial score (nSPS) is 24.3. The van der Waals surface area contributed by atoms with Crippen molar-refractivity contribution in [1.29, 1.82) is 0 Å². The SMILES string of the molecule is CC(C)c1n[nH]c([C@H]2CN(C(=O)[C@H](C)N3CCCCCC3)CCO2)n1. The molecule has 7 heteroatoms. The molecule has 2 atom stereocenters. The molecular formula is C18H31N5O2. The molecule has 140 valence electrons. The second kappa shape index (κ2) is 8.27. The Kier molecular flexibility index (Phi) is 6.06. The molecule has 7 nitrogen and oxygen atoms in total. The fraction of sp³-hybridized carbons (Fsp3) is 0.833. The van der Waals surface area contributed by atoms with E-state index in [1.165, 1.54) is 25.7 Å². The predicted molar refractivity (Wildman–Crippen MR) is 95.2 cm³/mol. The van der Waals surface area contributed by atoms with E-state index < -0.39 is 0 Å². The summed E-state index contributed by atoms with van der Waals surface area (Å²) in [5.41, 5.74) is 0. The summed E-state index contributed by atoms with van der Waals surface area (Å²) >= 11 is 0. The molecule has 0 spiro atoms. The van der Waals surface area contributed by atoms with Crippen molar-refractivity contribution in [1.82, 2.24) is 25.0 Å². The molecule has 0 saturated carbocycles. The monoisotopic (exact) mass is 349 g/mol. The molecule has 0 unspecified atom stereocenters. The van der Waals surface area contributed by atoms with Crippen LogP contribution >= 0.6 is 0 Å². The second-order valence-corrected chi connectivity index (χ2v) is 7.50. The van der Waals surface area contributed by atoms with E-state index in [1.807, 2.05) is 11.8 Å². The van der Waals surface area contributed by atoms with Gasteiger partial charge in [0, 0.05) is 12.5 Å². The highest BCUT2D eigenvalue weighted by molar-refractivity contribution is 5.81. The number of aromatic amines is 1. The average Bonchev–Trinajstić information content (AvgIpc) is 2.97. The molecule has 1 amide bonds. The molecule has 25 heavy (non-hydrogen) atoms. The van der Waals surface area contributed by atoms with Crippen LogP contribution in [0.5, 0.6) is 0 Å². The van der Waals surface area contributed by atoms with Crippen molar-refractivity contribution in [2.45, 2.75) is 64.5 Å². The van der Waals surface area contributed by atoms with E-state index in [0.29, 0.717) is 19.7 Å². The molecule has 2 saturated heterocycles. The van der Waals surface area contributed by atoms with E-state index in [9.17, 15) is 4.79 Å². The lowest BCUT2D eigenvalue weighted by atomic mass is 10.2. The smallest absolute Gasteiger partial charge is 0.239 e. The van der Waals surface area contributed by atoms with Crippen LogP contribution in [0.4, 0.5) is 0 Å². The Morgan fingerprint density at radius 2 is 1.88 bits per heavy atom. The van der Waals surface area contributed by atoms with Crippen LogP contribution in [0.3, 0.4) is 0 Å². The van der Waals surface area contributed by atoms with E-state index in [2.05, 4.69) is 33.9 Å². The summed E-state index contributed by atoms with van der Waals surface area (Å²) in [6.45, 7) is 9.97. The first-order valence-corrected chi connectivity index (χ1v) is 9.63. The quantitative estimate of drug-likeness (QED) is 0.901. The van der Waals surface area contributed by atoms with Crippen LogP contribution in [-0.4, -0.2) is 69.7 Å². The van der Waals surface area contributed by atoms with Crippen molar-refractivity contribution < 1.29 is 9.53 Å². The molecule has 0 radical (unpaired) electrons. The van der Waals surface area contributed by atoms with Gasteiger partial charge in [-0.05, 0) is 32.9 Å². The van der Waals surface area contributed by atoms with Gasteiger partial charge in [-0.2, -0.15) is 5.10 Å². The van der Waals surface area contributed by atoms with E-state index in [0.717, 1.165) is 24.7 Å². The van der Waals surface area contributed by atoms with E-state index in [-0.39, 0.29) is 24.0 Å². The van der Waals surface area contributed by atoms with Crippen molar-refractivity contribution in [2.24, 2.45) is 0 Å². The fourth-order valence-electron chi connectivity index (χ4n) is 3.61. The van der Waals surface area contributed by atoms with Crippen molar-refractivity contribution in [3.05, 3.63) is 11.6 Å². The first-order chi connectivity index (χ1) is 12.1. The standard InChI is InChI=1S/C18H31N5O2/c1-13(2)16-19-17(21-20-16)15-12-23(10-11-25-15)18(24)14(3)22-8-6-4-5-7-9-22/h13-15H,4-12H2,1-3H3,(H,19,20,21)/t14-,15+/m0/s1. The number of nitrogens with one attached hydrogen (secondary N) is 1. The van der Waals surface area contributed by atoms with Gasteiger partial charge in [-0.15, -0.1) is 0 Å².